The Bertz CT molecular complexity index is 244. The monoisotopic (exact) mass is 166 g/mol. The maximum atomic E-state index is 11.4. The predicted molar refractivity (Wildman–Crippen MR) is 44.7 cm³/mol. The second-order valence-electron chi connectivity index (χ2n) is 4.42. The summed E-state index contributed by atoms with van der Waals surface area (Å²) in [6, 6.07) is 0. The molecule has 0 aromatic carbocycles. The largest absolute Gasteiger partial charge is 0.300 e. The first-order chi connectivity index (χ1) is 5.62. The van der Waals surface area contributed by atoms with Crippen LogP contribution in [0.25, 0.3) is 0 Å². The van der Waals surface area contributed by atoms with E-state index in [1.807, 2.05) is 0 Å². The SMILES string of the molecule is C[C@]12CCC(=O)C[C@H]1C(=O)CC2. The van der Waals surface area contributed by atoms with Gasteiger partial charge in [0, 0.05) is 25.2 Å². The molecule has 2 atom stereocenters. The molecule has 2 nitrogen and oxygen atoms in total. The normalized spacial score (nSPS) is 41.6. The molecule has 0 amide bonds. The van der Waals surface area contributed by atoms with E-state index < -0.39 is 0 Å². The number of hydrogen-bond acceptors (Lipinski definition) is 2. The highest BCUT2D eigenvalue weighted by molar-refractivity contribution is 5.91. The predicted octanol–water partition coefficient (Wildman–Crippen LogP) is 1.72. The molecule has 2 aliphatic rings. The minimum Gasteiger partial charge on any atom is -0.300 e. The van der Waals surface area contributed by atoms with E-state index in [1.165, 1.54) is 0 Å². The van der Waals surface area contributed by atoms with Gasteiger partial charge in [0.1, 0.15) is 11.6 Å². The molecule has 0 bridgehead atoms. The van der Waals surface area contributed by atoms with Crippen molar-refractivity contribution in [3.8, 4) is 0 Å². The maximum Gasteiger partial charge on any atom is 0.136 e. The van der Waals surface area contributed by atoms with Crippen LogP contribution < -0.4 is 0 Å². The van der Waals surface area contributed by atoms with Crippen LogP contribution in [0.1, 0.15) is 39.0 Å². The molecule has 2 rings (SSSR count). The van der Waals surface area contributed by atoms with Crippen molar-refractivity contribution in [2.24, 2.45) is 11.3 Å². The number of rotatable bonds is 0. The Morgan fingerprint density at radius 1 is 1.25 bits per heavy atom. The minimum absolute atomic E-state index is 0.0683. The molecule has 0 radical (unpaired) electrons. The third-order valence-corrected chi connectivity index (χ3v) is 3.58. The van der Waals surface area contributed by atoms with Crippen LogP contribution in [-0.4, -0.2) is 11.6 Å². The van der Waals surface area contributed by atoms with Crippen LogP contribution in [0.3, 0.4) is 0 Å². The zero-order valence-corrected chi connectivity index (χ0v) is 7.43. The van der Waals surface area contributed by atoms with Crippen LogP contribution in [0.15, 0.2) is 0 Å². The summed E-state index contributed by atoms with van der Waals surface area (Å²) in [7, 11) is 0. The van der Waals surface area contributed by atoms with Gasteiger partial charge in [-0.15, -0.1) is 0 Å². The fourth-order valence-electron chi connectivity index (χ4n) is 2.56. The zero-order chi connectivity index (χ0) is 8.77. The highest BCUT2D eigenvalue weighted by atomic mass is 16.1. The topological polar surface area (TPSA) is 34.1 Å². The van der Waals surface area contributed by atoms with Gasteiger partial charge in [-0.1, -0.05) is 6.92 Å². The molecule has 2 heteroatoms. The van der Waals surface area contributed by atoms with Crippen LogP contribution in [0.2, 0.25) is 0 Å². The van der Waals surface area contributed by atoms with Gasteiger partial charge in [-0.25, -0.2) is 0 Å². The van der Waals surface area contributed by atoms with Crippen LogP contribution in [-0.2, 0) is 9.59 Å². The summed E-state index contributed by atoms with van der Waals surface area (Å²) >= 11 is 0. The first-order valence-electron chi connectivity index (χ1n) is 4.66. The highest BCUT2D eigenvalue weighted by Gasteiger charge is 2.47. The molecule has 0 spiro atoms. The molecule has 0 aliphatic heterocycles. The lowest BCUT2D eigenvalue weighted by Gasteiger charge is -2.33. The molecule has 0 heterocycles. The lowest BCUT2D eigenvalue weighted by molar-refractivity contribution is -0.131. The van der Waals surface area contributed by atoms with Gasteiger partial charge in [0.2, 0.25) is 0 Å². The summed E-state index contributed by atoms with van der Waals surface area (Å²) in [5, 5.41) is 0. The fourth-order valence-corrected chi connectivity index (χ4v) is 2.56. The average molecular weight is 166 g/mol. The molecule has 0 saturated heterocycles. The molecule has 0 unspecified atom stereocenters. The smallest absolute Gasteiger partial charge is 0.136 e. The van der Waals surface area contributed by atoms with Gasteiger partial charge in [-0.2, -0.15) is 0 Å². The second-order valence-corrected chi connectivity index (χ2v) is 4.42. The Kier molecular flexibility index (Phi) is 1.60. The average Bonchev–Trinajstić information content (AvgIpc) is 2.31. The number of Topliss-reactive ketones (excluding diaryl/α,β-unsaturated/α-hetero) is 2. The molecular formula is C10H14O2. The van der Waals surface area contributed by atoms with E-state index in [-0.39, 0.29) is 17.1 Å². The van der Waals surface area contributed by atoms with Crippen molar-refractivity contribution < 1.29 is 9.59 Å². The first kappa shape index (κ1) is 7.96. The van der Waals surface area contributed by atoms with Gasteiger partial charge in [0.25, 0.3) is 0 Å². The molecule has 66 valence electrons. The van der Waals surface area contributed by atoms with Crippen molar-refractivity contribution in [1.29, 1.82) is 0 Å². The minimum atomic E-state index is 0.0683. The van der Waals surface area contributed by atoms with Gasteiger partial charge < -0.3 is 0 Å². The molecular weight excluding hydrogens is 152 g/mol. The summed E-state index contributed by atoms with van der Waals surface area (Å²) in [4.78, 5) is 22.5. The van der Waals surface area contributed by atoms with Crippen LogP contribution in [0.5, 0.6) is 0 Å². The third kappa shape index (κ3) is 1.01. The van der Waals surface area contributed by atoms with E-state index in [9.17, 15) is 9.59 Å². The second kappa shape index (κ2) is 2.41. The Morgan fingerprint density at radius 3 is 2.67 bits per heavy atom. The maximum absolute atomic E-state index is 11.4. The lowest BCUT2D eigenvalue weighted by Crippen LogP contribution is -2.33. The van der Waals surface area contributed by atoms with E-state index in [2.05, 4.69) is 6.92 Å². The van der Waals surface area contributed by atoms with Gasteiger partial charge in [-0.05, 0) is 18.3 Å². The number of ketones is 2. The van der Waals surface area contributed by atoms with Gasteiger partial charge in [0.05, 0.1) is 0 Å². The van der Waals surface area contributed by atoms with Crippen molar-refractivity contribution in [2.75, 3.05) is 0 Å². The summed E-state index contributed by atoms with van der Waals surface area (Å²) in [5.41, 5.74) is 0.172. The quantitative estimate of drug-likeness (QED) is 0.549. The fraction of sp³-hybridized carbons (Fsp3) is 0.800. The van der Waals surface area contributed by atoms with Crippen molar-refractivity contribution in [1.82, 2.24) is 0 Å². The van der Waals surface area contributed by atoms with E-state index >= 15 is 0 Å². The van der Waals surface area contributed by atoms with Crippen LogP contribution in [0, 0.1) is 11.3 Å². The highest BCUT2D eigenvalue weighted by Crippen LogP contribution is 2.49. The Hall–Kier alpha value is -0.660. The van der Waals surface area contributed by atoms with Crippen molar-refractivity contribution in [2.45, 2.75) is 39.0 Å². The van der Waals surface area contributed by atoms with E-state index in [0.29, 0.717) is 25.0 Å². The molecule has 0 N–H and O–H groups in total. The van der Waals surface area contributed by atoms with E-state index in [1.54, 1.807) is 0 Å². The van der Waals surface area contributed by atoms with Gasteiger partial charge in [-0.3, -0.25) is 9.59 Å². The molecule has 0 aromatic heterocycles. The summed E-state index contributed by atoms with van der Waals surface area (Å²) in [5.74, 6) is 0.678. The lowest BCUT2D eigenvalue weighted by atomic mass is 9.69. The van der Waals surface area contributed by atoms with Crippen molar-refractivity contribution >= 4 is 11.6 Å². The number of hydrogen-bond donors (Lipinski definition) is 0. The third-order valence-electron chi connectivity index (χ3n) is 3.58. The summed E-state index contributed by atoms with van der Waals surface area (Å²) in [6.45, 7) is 2.16. The molecule has 2 aliphatic carbocycles. The Labute approximate surface area is 72.3 Å². The Morgan fingerprint density at radius 2 is 1.92 bits per heavy atom. The summed E-state index contributed by atoms with van der Waals surface area (Å²) < 4.78 is 0. The van der Waals surface area contributed by atoms with Gasteiger partial charge in [0.15, 0.2) is 0 Å². The van der Waals surface area contributed by atoms with Gasteiger partial charge >= 0.3 is 0 Å². The standard InChI is InChI=1S/C10H14O2/c1-10-4-2-7(11)6-8(10)9(12)3-5-10/h8H,2-6H2,1H3/t8-,10+/m0/s1. The molecule has 2 saturated carbocycles. The van der Waals surface area contributed by atoms with Crippen molar-refractivity contribution in [3.05, 3.63) is 0 Å². The molecule has 12 heavy (non-hydrogen) atoms. The van der Waals surface area contributed by atoms with E-state index in [0.717, 1.165) is 12.8 Å². The zero-order valence-electron chi connectivity index (χ0n) is 7.43. The molecule has 0 aromatic rings. The Balaban J connectivity index is 2.24. The summed E-state index contributed by atoms with van der Waals surface area (Å²) in [6.07, 6.45) is 3.86. The number of carbonyl (C=O) groups excluding carboxylic acids is 2. The van der Waals surface area contributed by atoms with E-state index in [4.69, 9.17) is 0 Å². The van der Waals surface area contributed by atoms with Crippen molar-refractivity contribution in [3.63, 3.8) is 0 Å². The van der Waals surface area contributed by atoms with Crippen LogP contribution >= 0.6 is 0 Å². The first-order valence-corrected chi connectivity index (χ1v) is 4.66. The number of carbonyl (C=O) groups is 2. The molecule has 2 fully saturated rings. The number of fused-ring (bicyclic) bond motifs is 1. The van der Waals surface area contributed by atoms with Crippen LogP contribution in [0.4, 0.5) is 0 Å².